The molecule has 0 aliphatic heterocycles. The molecule has 0 spiro atoms. The van der Waals surface area contributed by atoms with E-state index in [-0.39, 0.29) is 5.91 Å². The molecule has 1 aromatic heterocycles. The van der Waals surface area contributed by atoms with E-state index in [1.54, 1.807) is 38.7 Å². The van der Waals surface area contributed by atoms with Crippen molar-refractivity contribution in [3.8, 4) is 22.6 Å². The number of amides is 1. The summed E-state index contributed by atoms with van der Waals surface area (Å²) in [4.78, 5) is 12.8. The third-order valence-corrected chi connectivity index (χ3v) is 6.17. The Morgan fingerprint density at radius 2 is 1.79 bits per heavy atom. The number of carbonyl (C=O) groups is 1. The van der Waals surface area contributed by atoms with E-state index in [9.17, 15) is 4.79 Å². The van der Waals surface area contributed by atoms with Gasteiger partial charge in [0.15, 0.2) is 0 Å². The molecule has 1 amide bonds. The first-order valence-electron chi connectivity index (χ1n) is 10.5. The molecule has 0 aliphatic carbocycles. The molecular formula is C27H23Cl2NO4. The number of furan rings is 1. The van der Waals surface area contributed by atoms with Crippen molar-refractivity contribution in [2.75, 3.05) is 19.5 Å². The van der Waals surface area contributed by atoms with Gasteiger partial charge in [0.05, 0.1) is 31.2 Å². The number of allylic oxidation sites excluding steroid dienone is 1. The molecule has 0 fully saturated rings. The fraction of sp³-hybridized carbons (Fsp3) is 0.148. The molecule has 7 heteroatoms. The van der Waals surface area contributed by atoms with Gasteiger partial charge in [-0.1, -0.05) is 41.4 Å². The molecule has 0 saturated carbocycles. The van der Waals surface area contributed by atoms with E-state index in [2.05, 4.69) is 5.32 Å². The number of benzene rings is 3. The van der Waals surface area contributed by atoms with Gasteiger partial charge in [-0.25, -0.2) is 0 Å². The van der Waals surface area contributed by atoms with Gasteiger partial charge >= 0.3 is 0 Å². The van der Waals surface area contributed by atoms with Crippen LogP contribution in [0.15, 0.2) is 65.3 Å². The normalized spacial score (nSPS) is 11.5. The highest BCUT2D eigenvalue weighted by molar-refractivity contribution is 6.35. The molecule has 34 heavy (non-hydrogen) atoms. The lowest BCUT2D eigenvalue weighted by atomic mass is 9.96. The maximum atomic E-state index is 12.8. The van der Waals surface area contributed by atoms with Gasteiger partial charge in [-0.2, -0.15) is 0 Å². The molecule has 0 aliphatic rings. The van der Waals surface area contributed by atoms with Crippen LogP contribution in [0.25, 0.3) is 27.7 Å². The van der Waals surface area contributed by atoms with Gasteiger partial charge < -0.3 is 19.2 Å². The van der Waals surface area contributed by atoms with Gasteiger partial charge in [0.2, 0.25) is 5.91 Å². The van der Waals surface area contributed by atoms with E-state index < -0.39 is 0 Å². The maximum Gasteiger partial charge on any atom is 0.248 e. The number of carbonyl (C=O) groups excluding carboxylic acids is 1. The van der Waals surface area contributed by atoms with Crippen molar-refractivity contribution in [2.45, 2.75) is 13.8 Å². The number of halogens is 2. The van der Waals surface area contributed by atoms with Crippen LogP contribution in [0.4, 0.5) is 5.69 Å². The lowest BCUT2D eigenvalue weighted by molar-refractivity contribution is -0.111. The summed E-state index contributed by atoms with van der Waals surface area (Å²) in [6.45, 7) is 3.78. The Labute approximate surface area is 207 Å². The van der Waals surface area contributed by atoms with Gasteiger partial charge in [-0.3, -0.25) is 4.79 Å². The molecule has 0 bridgehead atoms. The van der Waals surface area contributed by atoms with Crippen LogP contribution in [0, 0.1) is 6.92 Å². The van der Waals surface area contributed by atoms with Crippen molar-refractivity contribution in [3.05, 3.63) is 82.0 Å². The quantitative estimate of drug-likeness (QED) is 0.277. The van der Waals surface area contributed by atoms with Crippen LogP contribution >= 0.6 is 23.2 Å². The van der Waals surface area contributed by atoms with E-state index in [4.69, 9.17) is 37.1 Å². The monoisotopic (exact) mass is 495 g/mol. The lowest BCUT2D eigenvalue weighted by Crippen LogP contribution is -2.09. The van der Waals surface area contributed by atoms with Crippen LogP contribution in [0.1, 0.15) is 18.1 Å². The standard InChI is InChI=1S/C27H23Cl2NO4/c1-15(11-25(31)30-23-12-17(28)9-10-22(23)29)19-13-20-21(18-7-5-6-8-24(18)32-3)14-34-27(20)16(2)26(19)33-4/h5-14H,1-4H3,(H,30,31)/b15-11+. The van der Waals surface area contributed by atoms with Gasteiger partial charge in [0.1, 0.15) is 17.1 Å². The van der Waals surface area contributed by atoms with Gasteiger partial charge in [-0.15, -0.1) is 0 Å². The number of hydrogen-bond donors (Lipinski definition) is 1. The Morgan fingerprint density at radius 3 is 2.53 bits per heavy atom. The third-order valence-electron chi connectivity index (χ3n) is 5.60. The Kier molecular flexibility index (Phi) is 6.87. The predicted octanol–water partition coefficient (Wildman–Crippen LogP) is 7.77. The summed E-state index contributed by atoms with van der Waals surface area (Å²) >= 11 is 12.2. The molecule has 0 atom stereocenters. The molecular weight excluding hydrogens is 473 g/mol. The number of methoxy groups -OCH3 is 2. The topological polar surface area (TPSA) is 60.7 Å². The predicted molar refractivity (Wildman–Crippen MR) is 138 cm³/mol. The largest absolute Gasteiger partial charge is 0.496 e. The van der Waals surface area contributed by atoms with Gasteiger partial charge in [-0.05, 0) is 49.8 Å². The molecule has 0 radical (unpaired) electrons. The third kappa shape index (κ3) is 4.49. The molecule has 174 valence electrons. The van der Waals surface area contributed by atoms with Crippen LogP contribution < -0.4 is 14.8 Å². The van der Waals surface area contributed by atoms with Crippen LogP contribution in [0.5, 0.6) is 11.5 Å². The average Bonchev–Trinajstić information content (AvgIpc) is 3.25. The number of nitrogens with one attached hydrogen (secondary N) is 1. The molecule has 0 saturated heterocycles. The summed E-state index contributed by atoms with van der Waals surface area (Å²) in [5, 5.41) is 4.55. The summed E-state index contributed by atoms with van der Waals surface area (Å²) in [5.41, 5.74) is 5.28. The number of fused-ring (bicyclic) bond motifs is 1. The minimum Gasteiger partial charge on any atom is -0.496 e. The number of rotatable bonds is 6. The summed E-state index contributed by atoms with van der Waals surface area (Å²) in [6.07, 6.45) is 3.22. The fourth-order valence-corrected chi connectivity index (χ4v) is 4.32. The maximum absolute atomic E-state index is 12.8. The molecule has 0 unspecified atom stereocenters. The molecule has 5 nitrogen and oxygen atoms in total. The van der Waals surface area contributed by atoms with E-state index in [0.29, 0.717) is 32.6 Å². The first-order chi connectivity index (χ1) is 16.3. The molecule has 4 rings (SSSR count). The van der Waals surface area contributed by atoms with Crippen LogP contribution in [0.2, 0.25) is 10.0 Å². The minimum atomic E-state index is -0.335. The van der Waals surface area contributed by atoms with Gasteiger partial charge in [0.25, 0.3) is 0 Å². The highest BCUT2D eigenvalue weighted by Gasteiger charge is 2.20. The van der Waals surface area contributed by atoms with Crippen molar-refractivity contribution >= 4 is 51.3 Å². The summed E-state index contributed by atoms with van der Waals surface area (Å²) in [6, 6.07) is 14.6. The molecule has 1 heterocycles. The average molecular weight is 496 g/mol. The second kappa shape index (κ2) is 9.84. The van der Waals surface area contributed by atoms with Crippen LogP contribution in [0.3, 0.4) is 0 Å². The number of hydrogen-bond acceptors (Lipinski definition) is 4. The van der Waals surface area contributed by atoms with E-state index >= 15 is 0 Å². The highest BCUT2D eigenvalue weighted by Crippen LogP contribution is 2.42. The van der Waals surface area contributed by atoms with Gasteiger partial charge in [0, 0.05) is 38.7 Å². The smallest absolute Gasteiger partial charge is 0.248 e. The minimum absolute atomic E-state index is 0.335. The Bertz CT molecular complexity index is 1420. The number of aryl methyl sites for hydroxylation is 1. The first kappa shape index (κ1) is 23.7. The van der Waals surface area contributed by atoms with Crippen molar-refractivity contribution in [2.24, 2.45) is 0 Å². The Hall–Kier alpha value is -3.41. The highest BCUT2D eigenvalue weighted by atomic mass is 35.5. The molecule has 3 aromatic carbocycles. The van der Waals surface area contributed by atoms with Crippen LogP contribution in [-0.2, 0) is 4.79 Å². The number of para-hydroxylation sites is 1. The second-order valence-electron chi connectivity index (χ2n) is 7.75. The zero-order chi connectivity index (χ0) is 24.4. The van der Waals surface area contributed by atoms with Crippen molar-refractivity contribution < 1.29 is 18.7 Å². The second-order valence-corrected chi connectivity index (χ2v) is 8.59. The Morgan fingerprint density at radius 1 is 1.03 bits per heavy atom. The number of anilines is 1. The summed E-state index contributed by atoms with van der Waals surface area (Å²) in [5.74, 6) is 1.04. The lowest BCUT2D eigenvalue weighted by Gasteiger charge is -2.14. The SMILES string of the molecule is COc1ccccc1-c1coc2c(C)c(OC)c(/C(C)=C/C(=O)Nc3cc(Cl)ccc3Cl)cc12. The molecule has 4 aromatic rings. The van der Waals surface area contributed by atoms with E-state index in [1.807, 2.05) is 44.2 Å². The zero-order valence-corrected chi connectivity index (χ0v) is 20.7. The Balaban J connectivity index is 1.79. The fourth-order valence-electron chi connectivity index (χ4n) is 3.98. The summed E-state index contributed by atoms with van der Waals surface area (Å²) in [7, 11) is 3.24. The summed E-state index contributed by atoms with van der Waals surface area (Å²) < 4.78 is 17.2. The van der Waals surface area contributed by atoms with E-state index in [0.717, 1.165) is 33.4 Å². The van der Waals surface area contributed by atoms with Crippen molar-refractivity contribution in [3.63, 3.8) is 0 Å². The van der Waals surface area contributed by atoms with Crippen LogP contribution in [-0.4, -0.2) is 20.1 Å². The van der Waals surface area contributed by atoms with Crippen molar-refractivity contribution in [1.29, 1.82) is 0 Å². The molecule has 1 N–H and O–H groups in total. The number of ether oxygens (including phenoxy) is 2. The van der Waals surface area contributed by atoms with Crippen molar-refractivity contribution in [1.82, 2.24) is 0 Å². The van der Waals surface area contributed by atoms with E-state index in [1.165, 1.54) is 6.08 Å². The first-order valence-corrected chi connectivity index (χ1v) is 11.3. The zero-order valence-electron chi connectivity index (χ0n) is 19.2.